The normalized spacial score (nSPS) is 29.8. The van der Waals surface area contributed by atoms with E-state index in [0.29, 0.717) is 29.7 Å². The Kier molecular flexibility index (Phi) is 6.04. The zero-order valence-corrected chi connectivity index (χ0v) is 20.5. The first-order valence-corrected chi connectivity index (χ1v) is 13.1. The van der Waals surface area contributed by atoms with Crippen LogP contribution in [0.25, 0.3) is 0 Å². The SMILES string of the molecule is Cc1cnc(NC(=O)CCC[C@@H]2CC(=O)[C@@]3(C)CCC4c5cc([N+](=O)[O-])ccc5CCC4C23)s1. The number of ketones is 1. The van der Waals surface area contributed by atoms with Gasteiger partial charge < -0.3 is 5.32 Å². The predicted molar refractivity (Wildman–Crippen MR) is 131 cm³/mol. The summed E-state index contributed by atoms with van der Waals surface area (Å²) in [6.45, 7) is 4.11. The number of benzene rings is 1. The molecule has 2 fully saturated rings. The molecule has 3 aliphatic rings. The van der Waals surface area contributed by atoms with E-state index in [1.165, 1.54) is 16.9 Å². The van der Waals surface area contributed by atoms with Gasteiger partial charge in [-0.05, 0) is 80.2 Å². The van der Waals surface area contributed by atoms with E-state index >= 15 is 0 Å². The Labute approximate surface area is 203 Å². The summed E-state index contributed by atoms with van der Waals surface area (Å²) in [5.74, 6) is 1.56. The van der Waals surface area contributed by atoms with Gasteiger partial charge in [0, 0.05) is 41.5 Å². The number of thiazole rings is 1. The summed E-state index contributed by atoms with van der Waals surface area (Å²) in [6, 6.07) is 5.33. The lowest BCUT2D eigenvalue weighted by atomic mass is 9.54. The van der Waals surface area contributed by atoms with Crippen molar-refractivity contribution in [3.05, 3.63) is 50.5 Å². The number of rotatable bonds is 6. The summed E-state index contributed by atoms with van der Waals surface area (Å²) in [6.07, 6.45) is 8.10. The van der Waals surface area contributed by atoms with Crippen molar-refractivity contribution in [2.24, 2.45) is 23.2 Å². The molecular weight excluding hydrogens is 450 g/mol. The second kappa shape index (κ2) is 8.87. The van der Waals surface area contributed by atoms with Crippen LogP contribution in [0.15, 0.2) is 24.4 Å². The van der Waals surface area contributed by atoms with Crippen molar-refractivity contribution in [3.63, 3.8) is 0 Å². The summed E-state index contributed by atoms with van der Waals surface area (Å²) < 4.78 is 0. The van der Waals surface area contributed by atoms with Gasteiger partial charge in [0.2, 0.25) is 5.91 Å². The quantitative estimate of drug-likeness (QED) is 0.414. The van der Waals surface area contributed by atoms with Gasteiger partial charge in [-0.2, -0.15) is 0 Å². The minimum Gasteiger partial charge on any atom is -0.302 e. The molecule has 7 nitrogen and oxygen atoms in total. The van der Waals surface area contributed by atoms with Crippen LogP contribution in [0.4, 0.5) is 10.8 Å². The number of carbonyl (C=O) groups excluding carboxylic acids is 2. The highest BCUT2D eigenvalue weighted by molar-refractivity contribution is 7.15. The molecule has 8 heteroatoms. The lowest BCUT2D eigenvalue weighted by Gasteiger charge is -2.49. The third-order valence-electron chi connectivity index (χ3n) is 8.61. The number of nitrogens with zero attached hydrogens (tertiary/aromatic N) is 2. The van der Waals surface area contributed by atoms with E-state index < -0.39 is 0 Å². The molecule has 2 saturated carbocycles. The summed E-state index contributed by atoms with van der Waals surface area (Å²) in [5, 5.41) is 14.9. The third kappa shape index (κ3) is 4.06. The van der Waals surface area contributed by atoms with Gasteiger partial charge in [0.05, 0.1) is 4.92 Å². The van der Waals surface area contributed by atoms with Gasteiger partial charge in [-0.25, -0.2) is 4.98 Å². The first kappa shape index (κ1) is 23.1. The van der Waals surface area contributed by atoms with Crippen LogP contribution < -0.4 is 5.32 Å². The highest BCUT2D eigenvalue weighted by Gasteiger charge is 2.58. The summed E-state index contributed by atoms with van der Waals surface area (Å²) in [4.78, 5) is 41.9. The number of amides is 1. The fraction of sp³-hybridized carbons (Fsp3) is 0.577. The number of nitro benzene ring substituents is 1. The van der Waals surface area contributed by atoms with Crippen LogP contribution in [0.3, 0.4) is 0 Å². The van der Waals surface area contributed by atoms with E-state index in [2.05, 4.69) is 17.2 Å². The fourth-order valence-corrected chi connectivity index (χ4v) is 7.79. The van der Waals surface area contributed by atoms with Gasteiger partial charge in [-0.15, -0.1) is 11.3 Å². The van der Waals surface area contributed by atoms with Gasteiger partial charge in [-0.3, -0.25) is 19.7 Å². The minimum atomic E-state index is -0.309. The average Bonchev–Trinajstić information content (AvgIpc) is 3.32. The van der Waals surface area contributed by atoms with Crippen LogP contribution in [0.5, 0.6) is 0 Å². The molecule has 0 bridgehead atoms. The summed E-state index contributed by atoms with van der Waals surface area (Å²) >= 11 is 1.47. The average molecular weight is 482 g/mol. The molecule has 2 aromatic rings. The summed E-state index contributed by atoms with van der Waals surface area (Å²) in [5.41, 5.74) is 2.22. The number of hydrogen-bond acceptors (Lipinski definition) is 6. The van der Waals surface area contributed by atoms with Crippen molar-refractivity contribution in [3.8, 4) is 0 Å². The van der Waals surface area contributed by atoms with E-state index in [-0.39, 0.29) is 39.7 Å². The summed E-state index contributed by atoms with van der Waals surface area (Å²) in [7, 11) is 0. The number of carbonyl (C=O) groups is 2. The van der Waals surface area contributed by atoms with Crippen molar-refractivity contribution in [1.82, 2.24) is 4.98 Å². The van der Waals surface area contributed by atoms with Gasteiger partial charge >= 0.3 is 0 Å². The van der Waals surface area contributed by atoms with Crippen molar-refractivity contribution < 1.29 is 14.5 Å². The number of aryl methyl sites for hydroxylation is 2. The second-order valence-corrected chi connectivity index (χ2v) is 11.8. The van der Waals surface area contributed by atoms with E-state index in [1.54, 1.807) is 18.3 Å². The smallest absolute Gasteiger partial charge is 0.269 e. The lowest BCUT2D eigenvalue weighted by Crippen LogP contribution is -2.44. The molecule has 1 heterocycles. The van der Waals surface area contributed by atoms with Crippen LogP contribution in [-0.4, -0.2) is 21.6 Å². The molecule has 180 valence electrons. The molecule has 0 radical (unpaired) electrons. The molecular formula is C26H31N3O4S. The number of non-ortho nitro benzene ring substituents is 1. The topological polar surface area (TPSA) is 102 Å². The van der Waals surface area contributed by atoms with Crippen LogP contribution in [0.1, 0.15) is 73.8 Å². The maximum atomic E-state index is 13.2. The van der Waals surface area contributed by atoms with E-state index in [4.69, 9.17) is 0 Å². The minimum absolute atomic E-state index is 0.0261. The lowest BCUT2D eigenvalue weighted by molar-refractivity contribution is -0.385. The van der Waals surface area contributed by atoms with Gasteiger partial charge in [0.25, 0.3) is 5.69 Å². The second-order valence-electron chi connectivity index (χ2n) is 10.5. The number of nitro groups is 1. The Hall–Kier alpha value is -2.61. The number of Topliss-reactive ketones (excluding diaryl/α,β-unsaturated/α-hetero) is 1. The highest BCUT2D eigenvalue weighted by Crippen LogP contribution is 2.62. The predicted octanol–water partition coefficient (Wildman–Crippen LogP) is 5.82. The van der Waals surface area contributed by atoms with Gasteiger partial charge in [0.15, 0.2) is 5.13 Å². The number of fused-ring (bicyclic) bond motifs is 5. The molecule has 5 rings (SSSR count). The number of hydrogen-bond donors (Lipinski definition) is 1. The molecule has 1 aromatic carbocycles. The zero-order chi connectivity index (χ0) is 24.0. The Balaban J connectivity index is 1.30. The number of aromatic nitrogens is 1. The molecule has 34 heavy (non-hydrogen) atoms. The molecule has 0 aliphatic heterocycles. The molecule has 0 saturated heterocycles. The van der Waals surface area contributed by atoms with Gasteiger partial charge in [-0.1, -0.05) is 13.0 Å². The van der Waals surface area contributed by atoms with E-state index in [1.807, 2.05) is 13.0 Å². The molecule has 3 aliphatic carbocycles. The maximum absolute atomic E-state index is 13.2. The number of nitrogens with one attached hydrogen (secondary N) is 1. The van der Waals surface area contributed by atoms with Gasteiger partial charge in [0.1, 0.15) is 5.78 Å². The van der Waals surface area contributed by atoms with Crippen molar-refractivity contribution >= 4 is 33.8 Å². The Morgan fingerprint density at radius 3 is 2.91 bits per heavy atom. The van der Waals surface area contributed by atoms with Crippen LogP contribution in [-0.2, 0) is 16.0 Å². The molecule has 1 amide bonds. The molecule has 3 unspecified atom stereocenters. The van der Waals surface area contributed by atoms with Crippen LogP contribution in [0.2, 0.25) is 0 Å². The van der Waals surface area contributed by atoms with E-state index in [0.717, 1.165) is 49.0 Å². The fourth-order valence-electron chi connectivity index (χ4n) is 7.11. The van der Waals surface area contributed by atoms with Crippen LogP contribution >= 0.6 is 11.3 Å². The van der Waals surface area contributed by atoms with Crippen molar-refractivity contribution in [2.45, 2.75) is 71.1 Å². The van der Waals surface area contributed by atoms with Crippen LogP contribution in [0, 0.1) is 40.2 Å². The van der Waals surface area contributed by atoms with Crippen molar-refractivity contribution in [2.75, 3.05) is 5.32 Å². The zero-order valence-electron chi connectivity index (χ0n) is 19.7. The number of anilines is 1. The Morgan fingerprint density at radius 2 is 2.18 bits per heavy atom. The standard InChI is InChI=1S/C26H31N3O4S/c1-15-14-27-25(34-15)28-23(31)5-3-4-17-12-22(30)26(2)11-10-19-20(24(17)26)9-7-16-6-8-18(29(32)33)13-21(16)19/h6,8,13-14,17,19-20,24H,3-5,7,9-12H2,1-2H3,(H,27,28,31)/t17-,19?,20?,24?,26-/m1/s1. The molecule has 5 atom stereocenters. The maximum Gasteiger partial charge on any atom is 0.269 e. The Bertz CT molecular complexity index is 1140. The molecule has 1 N–H and O–H groups in total. The largest absolute Gasteiger partial charge is 0.302 e. The van der Waals surface area contributed by atoms with Crippen molar-refractivity contribution in [1.29, 1.82) is 0 Å². The third-order valence-corrected chi connectivity index (χ3v) is 9.44. The molecule has 0 spiro atoms. The highest BCUT2D eigenvalue weighted by atomic mass is 32.1. The first-order valence-electron chi connectivity index (χ1n) is 12.3. The molecule has 1 aromatic heterocycles. The monoisotopic (exact) mass is 481 g/mol. The Morgan fingerprint density at radius 1 is 1.35 bits per heavy atom. The van der Waals surface area contributed by atoms with E-state index in [9.17, 15) is 19.7 Å². The first-order chi connectivity index (χ1) is 16.3.